The molecule has 0 aromatic carbocycles. The topological polar surface area (TPSA) is 37.3 Å². The van der Waals surface area contributed by atoms with E-state index >= 15 is 0 Å². The van der Waals surface area contributed by atoms with Gasteiger partial charge in [0.15, 0.2) is 0 Å². The summed E-state index contributed by atoms with van der Waals surface area (Å²) >= 11 is 0. The number of anilines is 1. The van der Waals surface area contributed by atoms with E-state index in [0.29, 0.717) is 12.1 Å². The van der Waals surface area contributed by atoms with Gasteiger partial charge in [0.1, 0.15) is 0 Å². The number of nitrogens with one attached hydrogen (secondary N) is 1. The maximum Gasteiger partial charge on any atom is 0.250 e. The second-order valence-electron chi connectivity index (χ2n) is 5.67. The molecule has 4 nitrogen and oxygen atoms in total. The van der Waals surface area contributed by atoms with Crippen molar-refractivity contribution in [3.05, 3.63) is 28.7 Å². The number of hydrogen-bond donors (Lipinski definition) is 1. The summed E-state index contributed by atoms with van der Waals surface area (Å²) in [5, 5.41) is 3.55. The first-order valence-corrected chi connectivity index (χ1v) is 7.31. The Kier molecular flexibility index (Phi) is 4.64. The molecular formula is C15H25N3O. The van der Waals surface area contributed by atoms with Crippen molar-refractivity contribution < 1.29 is 0 Å². The average Bonchev–Trinajstić information content (AvgIpc) is 2.82. The predicted octanol–water partition coefficient (Wildman–Crippen LogP) is 2.15. The van der Waals surface area contributed by atoms with Gasteiger partial charge in [-0.25, -0.2) is 0 Å². The fourth-order valence-electron chi connectivity index (χ4n) is 2.64. The van der Waals surface area contributed by atoms with Crippen molar-refractivity contribution in [1.82, 2.24) is 9.47 Å². The highest BCUT2D eigenvalue weighted by Gasteiger charge is 2.23. The molecule has 0 aliphatic carbocycles. The van der Waals surface area contributed by atoms with Crippen molar-refractivity contribution in [1.29, 1.82) is 0 Å². The van der Waals surface area contributed by atoms with Gasteiger partial charge in [-0.05, 0) is 32.8 Å². The van der Waals surface area contributed by atoms with Crippen LogP contribution in [0, 0.1) is 0 Å². The van der Waals surface area contributed by atoms with Gasteiger partial charge >= 0.3 is 0 Å². The monoisotopic (exact) mass is 263 g/mol. The fourth-order valence-corrected chi connectivity index (χ4v) is 2.64. The second-order valence-corrected chi connectivity index (χ2v) is 5.67. The predicted molar refractivity (Wildman–Crippen MR) is 79.7 cm³/mol. The van der Waals surface area contributed by atoms with Crippen molar-refractivity contribution in [3.8, 4) is 0 Å². The van der Waals surface area contributed by atoms with Crippen molar-refractivity contribution in [2.24, 2.45) is 0 Å². The maximum absolute atomic E-state index is 11.7. The number of aryl methyl sites for hydroxylation is 1. The Morgan fingerprint density at radius 2 is 2.21 bits per heavy atom. The summed E-state index contributed by atoms with van der Waals surface area (Å²) in [6.07, 6.45) is 4.10. The first-order chi connectivity index (χ1) is 9.10. The Morgan fingerprint density at radius 1 is 1.42 bits per heavy atom. The summed E-state index contributed by atoms with van der Waals surface area (Å²) < 4.78 is 1.79. The minimum atomic E-state index is 0.0858. The Balaban J connectivity index is 2.00. The summed E-state index contributed by atoms with van der Waals surface area (Å²) in [6, 6.07) is 4.66. The normalized spacial score (nSPS) is 20.1. The molecule has 1 atom stereocenters. The smallest absolute Gasteiger partial charge is 0.250 e. The maximum atomic E-state index is 11.7. The number of rotatable bonds is 5. The molecule has 1 unspecified atom stereocenters. The van der Waals surface area contributed by atoms with E-state index in [2.05, 4.69) is 31.0 Å². The molecule has 1 aromatic heterocycles. The molecule has 0 amide bonds. The fraction of sp³-hybridized carbons (Fsp3) is 0.667. The highest BCUT2D eigenvalue weighted by Crippen LogP contribution is 2.16. The van der Waals surface area contributed by atoms with E-state index in [-0.39, 0.29) is 5.56 Å². The molecule has 0 bridgehead atoms. The molecule has 1 fully saturated rings. The number of hydrogen-bond acceptors (Lipinski definition) is 3. The van der Waals surface area contributed by atoms with E-state index in [9.17, 15) is 4.79 Å². The molecule has 2 rings (SSSR count). The zero-order valence-electron chi connectivity index (χ0n) is 12.2. The third-order valence-corrected chi connectivity index (χ3v) is 3.77. The molecule has 19 heavy (non-hydrogen) atoms. The quantitative estimate of drug-likeness (QED) is 0.884. The second kappa shape index (κ2) is 6.24. The Morgan fingerprint density at radius 3 is 2.84 bits per heavy atom. The van der Waals surface area contributed by atoms with Gasteiger partial charge in [0.2, 0.25) is 0 Å². The Labute approximate surface area is 115 Å². The lowest BCUT2D eigenvalue weighted by molar-refractivity contribution is 0.274. The lowest BCUT2D eigenvalue weighted by Gasteiger charge is -2.21. The van der Waals surface area contributed by atoms with Crippen LogP contribution in [0.2, 0.25) is 0 Å². The molecular weight excluding hydrogens is 238 g/mol. The molecule has 106 valence electrons. The van der Waals surface area contributed by atoms with Crippen molar-refractivity contribution in [2.45, 2.75) is 52.2 Å². The average molecular weight is 263 g/mol. The van der Waals surface area contributed by atoms with E-state index in [1.54, 1.807) is 10.6 Å². The SMILES string of the molecule is CCCn1cc(NC2CCN(C(C)C)C2)ccc1=O. The van der Waals surface area contributed by atoms with Crippen molar-refractivity contribution in [2.75, 3.05) is 18.4 Å². The highest BCUT2D eigenvalue weighted by atomic mass is 16.1. The van der Waals surface area contributed by atoms with Crippen LogP contribution < -0.4 is 10.9 Å². The number of aromatic nitrogens is 1. The number of nitrogens with zero attached hydrogens (tertiary/aromatic N) is 2. The third kappa shape index (κ3) is 3.60. The van der Waals surface area contributed by atoms with Crippen LogP contribution >= 0.6 is 0 Å². The van der Waals surface area contributed by atoms with E-state index < -0.39 is 0 Å². The van der Waals surface area contributed by atoms with Gasteiger partial charge in [-0.2, -0.15) is 0 Å². The summed E-state index contributed by atoms with van der Waals surface area (Å²) in [4.78, 5) is 14.2. The van der Waals surface area contributed by atoms with Crippen LogP contribution in [-0.2, 0) is 6.54 Å². The van der Waals surface area contributed by atoms with Crippen LogP contribution in [0.3, 0.4) is 0 Å². The van der Waals surface area contributed by atoms with Gasteiger partial charge in [0, 0.05) is 44.0 Å². The molecule has 1 aliphatic rings. The van der Waals surface area contributed by atoms with Crippen molar-refractivity contribution >= 4 is 5.69 Å². The van der Waals surface area contributed by atoms with Crippen molar-refractivity contribution in [3.63, 3.8) is 0 Å². The van der Waals surface area contributed by atoms with Crippen LogP contribution in [0.5, 0.6) is 0 Å². The molecule has 1 aromatic rings. The lowest BCUT2D eigenvalue weighted by atomic mass is 10.2. The minimum absolute atomic E-state index is 0.0858. The van der Waals surface area contributed by atoms with E-state index in [0.717, 1.165) is 31.7 Å². The van der Waals surface area contributed by atoms with Gasteiger partial charge in [-0.1, -0.05) is 6.92 Å². The van der Waals surface area contributed by atoms with Crippen LogP contribution in [-0.4, -0.2) is 34.6 Å². The molecule has 0 radical (unpaired) electrons. The first kappa shape index (κ1) is 14.1. The molecule has 1 N–H and O–H groups in total. The summed E-state index contributed by atoms with van der Waals surface area (Å²) in [6.45, 7) is 9.60. The standard InChI is InChI=1S/C15H25N3O/c1-4-8-18-11-13(5-6-15(18)19)16-14-7-9-17(10-14)12(2)3/h5-6,11-12,14,16H,4,7-10H2,1-3H3. The molecule has 0 spiro atoms. The molecule has 0 saturated carbocycles. The number of pyridine rings is 1. The van der Waals surface area contributed by atoms with Crippen LogP contribution in [0.25, 0.3) is 0 Å². The van der Waals surface area contributed by atoms with Gasteiger partial charge in [0.25, 0.3) is 5.56 Å². The minimum Gasteiger partial charge on any atom is -0.380 e. The first-order valence-electron chi connectivity index (χ1n) is 7.31. The van der Waals surface area contributed by atoms with Gasteiger partial charge < -0.3 is 9.88 Å². The summed E-state index contributed by atoms with van der Waals surface area (Å²) in [5.74, 6) is 0. The van der Waals surface area contributed by atoms with Crippen LogP contribution in [0.4, 0.5) is 5.69 Å². The zero-order valence-corrected chi connectivity index (χ0v) is 12.2. The zero-order chi connectivity index (χ0) is 13.8. The Hall–Kier alpha value is -1.29. The van der Waals surface area contributed by atoms with E-state index in [1.807, 2.05) is 12.3 Å². The molecule has 1 saturated heterocycles. The third-order valence-electron chi connectivity index (χ3n) is 3.77. The summed E-state index contributed by atoms with van der Waals surface area (Å²) in [7, 11) is 0. The molecule has 4 heteroatoms. The van der Waals surface area contributed by atoms with Crippen LogP contribution in [0.1, 0.15) is 33.6 Å². The Bertz CT molecular complexity index is 467. The largest absolute Gasteiger partial charge is 0.380 e. The summed E-state index contributed by atoms with van der Waals surface area (Å²) in [5.41, 5.74) is 1.14. The van der Waals surface area contributed by atoms with Gasteiger partial charge in [0.05, 0.1) is 5.69 Å². The van der Waals surface area contributed by atoms with Gasteiger partial charge in [-0.3, -0.25) is 9.69 Å². The molecule has 2 heterocycles. The van der Waals surface area contributed by atoms with Gasteiger partial charge in [-0.15, -0.1) is 0 Å². The van der Waals surface area contributed by atoms with Crippen LogP contribution in [0.15, 0.2) is 23.1 Å². The van der Waals surface area contributed by atoms with E-state index in [1.165, 1.54) is 6.42 Å². The number of likely N-dealkylation sites (tertiary alicyclic amines) is 1. The molecule has 1 aliphatic heterocycles. The highest BCUT2D eigenvalue weighted by molar-refractivity contribution is 5.41. The lowest BCUT2D eigenvalue weighted by Crippen LogP contribution is -2.31. The van der Waals surface area contributed by atoms with E-state index in [4.69, 9.17) is 0 Å².